The van der Waals surface area contributed by atoms with Crippen LogP contribution in [0.4, 0.5) is 13.2 Å². The van der Waals surface area contributed by atoms with Crippen LogP contribution in [0.25, 0.3) is 10.9 Å². The average molecular weight is 509 g/mol. The van der Waals surface area contributed by atoms with Crippen molar-refractivity contribution in [2.45, 2.75) is 19.5 Å². The maximum atomic E-state index is 13.7. The monoisotopic (exact) mass is 509 g/mol. The zero-order valence-corrected chi connectivity index (χ0v) is 20.0. The molecule has 0 spiro atoms. The molecule has 4 rings (SSSR count). The van der Waals surface area contributed by atoms with Crippen molar-refractivity contribution < 1.29 is 32.2 Å². The van der Waals surface area contributed by atoms with E-state index in [-0.39, 0.29) is 23.7 Å². The minimum atomic E-state index is -4.58. The van der Waals surface area contributed by atoms with Crippen LogP contribution in [-0.4, -0.2) is 40.6 Å². The lowest BCUT2D eigenvalue weighted by atomic mass is 10.1. The smallest absolute Gasteiger partial charge is 0.416 e. The fraction of sp³-hybridized carbons (Fsp3) is 0.185. The summed E-state index contributed by atoms with van der Waals surface area (Å²) in [4.78, 5) is 27.3. The molecule has 0 bridgehead atoms. The maximum absolute atomic E-state index is 13.7. The van der Waals surface area contributed by atoms with Gasteiger partial charge in [-0.2, -0.15) is 13.2 Å². The van der Waals surface area contributed by atoms with Gasteiger partial charge >= 0.3 is 6.18 Å². The van der Waals surface area contributed by atoms with Gasteiger partial charge in [-0.25, -0.2) is 0 Å². The molecule has 1 heterocycles. The number of hydrogen-bond acceptors (Lipinski definition) is 6. The maximum Gasteiger partial charge on any atom is 0.416 e. The number of rotatable bonds is 7. The van der Waals surface area contributed by atoms with Crippen LogP contribution < -0.4 is 9.47 Å². The molecule has 10 heteroatoms. The summed E-state index contributed by atoms with van der Waals surface area (Å²) in [6, 6.07) is 18.0. The van der Waals surface area contributed by atoms with E-state index in [2.05, 4.69) is 10.2 Å². The van der Waals surface area contributed by atoms with Crippen LogP contribution in [0.15, 0.2) is 72.8 Å². The van der Waals surface area contributed by atoms with Crippen LogP contribution in [0, 0.1) is 0 Å². The van der Waals surface area contributed by atoms with Gasteiger partial charge in [0.15, 0.2) is 0 Å². The lowest BCUT2D eigenvalue weighted by Crippen LogP contribution is -2.37. The molecule has 1 aromatic heterocycles. The molecular formula is C27H22F3N3O4. The molecule has 0 unspecified atom stereocenters. The van der Waals surface area contributed by atoms with E-state index in [1.807, 2.05) is 12.1 Å². The van der Waals surface area contributed by atoms with Gasteiger partial charge in [0.05, 0.1) is 18.2 Å². The summed E-state index contributed by atoms with van der Waals surface area (Å²) in [6.45, 7) is 1.32. The van der Waals surface area contributed by atoms with Gasteiger partial charge in [-0.3, -0.25) is 14.5 Å². The van der Waals surface area contributed by atoms with Crippen molar-refractivity contribution >= 4 is 22.7 Å². The summed E-state index contributed by atoms with van der Waals surface area (Å²) in [6.07, 6.45) is -4.21. The molecule has 0 radical (unpaired) electrons. The lowest BCUT2D eigenvalue weighted by molar-refractivity contribution is -0.137. The summed E-state index contributed by atoms with van der Waals surface area (Å²) in [5.41, 5.74) is 0.239. The first-order chi connectivity index (χ1) is 17.7. The fourth-order valence-corrected chi connectivity index (χ4v) is 3.73. The van der Waals surface area contributed by atoms with Crippen LogP contribution in [-0.2, 0) is 17.4 Å². The van der Waals surface area contributed by atoms with Crippen molar-refractivity contribution in [3.63, 3.8) is 0 Å². The number of benzene rings is 3. The van der Waals surface area contributed by atoms with Crippen LogP contribution >= 0.6 is 0 Å². The standard InChI is InChI=1S/C27H22F3N3O4/c1-17(34)33(15-14-18-10-12-20(36-2)13-11-18)26(35)24-22-8-3-4-9-23(22)31-32-25(24)37-21-7-5-6-19(16-21)27(28,29)30/h3-13,16H,14-15H2,1-2H3. The van der Waals surface area contributed by atoms with Gasteiger partial charge in [-0.1, -0.05) is 36.4 Å². The van der Waals surface area contributed by atoms with E-state index in [4.69, 9.17) is 9.47 Å². The molecule has 190 valence electrons. The zero-order chi connectivity index (χ0) is 26.6. The number of nitrogens with zero attached hydrogens (tertiary/aromatic N) is 3. The molecule has 0 saturated heterocycles. The van der Waals surface area contributed by atoms with Crippen molar-refractivity contribution in [1.82, 2.24) is 15.1 Å². The number of alkyl halides is 3. The Morgan fingerprint density at radius 2 is 1.65 bits per heavy atom. The Bertz CT molecular complexity index is 1440. The molecule has 3 aromatic carbocycles. The predicted octanol–water partition coefficient (Wildman–Crippen LogP) is 5.68. The Morgan fingerprint density at radius 1 is 0.919 bits per heavy atom. The molecule has 0 aliphatic carbocycles. The quantitative estimate of drug-likeness (QED) is 0.319. The molecule has 0 saturated carbocycles. The van der Waals surface area contributed by atoms with Gasteiger partial charge in [-0.05, 0) is 48.4 Å². The summed E-state index contributed by atoms with van der Waals surface area (Å²) < 4.78 is 50.4. The summed E-state index contributed by atoms with van der Waals surface area (Å²) in [7, 11) is 1.55. The molecule has 0 aliphatic rings. The van der Waals surface area contributed by atoms with E-state index in [0.717, 1.165) is 22.6 Å². The first-order valence-electron chi connectivity index (χ1n) is 11.2. The highest BCUT2D eigenvalue weighted by atomic mass is 19.4. The SMILES string of the molecule is COc1ccc(CCN(C(C)=O)C(=O)c2c(Oc3cccc(C(F)(F)F)c3)nnc3ccccc23)cc1. The summed E-state index contributed by atoms with van der Waals surface area (Å²) in [5.74, 6) is -1.02. The highest BCUT2D eigenvalue weighted by Crippen LogP contribution is 2.34. The van der Waals surface area contributed by atoms with Crippen LogP contribution in [0.5, 0.6) is 17.4 Å². The molecule has 0 N–H and O–H groups in total. The number of ether oxygens (including phenoxy) is 2. The number of imide groups is 1. The van der Waals surface area contributed by atoms with E-state index in [1.165, 1.54) is 19.1 Å². The molecule has 37 heavy (non-hydrogen) atoms. The Hall–Kier alpha value is -4.47. The Kier molecular flexibility index (Phi) is 7.37. The predicted molar refractivity (Wildman–Crippen MR) is 129 cm³/mol. The average Bonchev–Trinajstić information content (AvgIpc) is 2.88. The third-order valence-corrected chi connectivity index (χ3v) is 5.63. The summed E-state index contributed by atoms with van der Waals surface area (Å²) >= 11 is 0. The summed E-state index contributed by atoms with van der Waals surface area (Å²) in [5, 5.41) is 8.36. The minimum Gasteiger partial charge on any atom is -0.497 e. The molecule has 0 aliphatic heterocycles. The van der Waals surface area contributed by atoms with Crippen LogP contribution in [0.1, 0.15) is 28.4 Å². The van der Waals surface area contributed by atoms with Crippen LogP contribution in [0.2, 0.25) is 0 Å². The molecule has 0 atom stereocenters. The third kappa shape index (κ3) is 5.85. The van der Waals surface area contributed by atoms with Gasteiger partial charge in [0, 0.05) is 18.9 Å². The number of amides is 2. The van der Waals surface area contributed by atoms with E-state index < -0.39 is 23.6 Å². The number of carbonyl (C=O) groups is 2. The minimum absolute atomic E-state index is 0.0557. The number of fused-ring (bicyclic) bond motifs is 1. The van der Waals surface area contributed by atoms with Gasteiger partial charge in [0.1, 0.15) is 17.1 Å². The van der Waals surface area contributed by atoms with Gasteiger partial charge in [0.2, 0.25) is 5.91 Å². The van der Waals surface area contributed by atoms with Crippen molar-refractivity contribution in [2.24, 2.45) is 0 Å². The first-order valence-corrected chi connectivity index (χ1v) is 11.2. The Labute approximate surface area is 210 Å². The Balaban J connectivity index is 1.70. The molecule has 2 amide bonds. The van der Waals surface area contributed by atoms with E-state index >= 15 is 0 Å². The highest BCUT2D eigenvalue weighted by molar-refractivity contribution is 6.12. The largest absolute Gasteiger partial charge is 0.497 e. The van der Waals surface area contributed by atoms with E-state index in [1.54, 1.807) is 43.5 Å². The van der Waals surface area contributed by atoms with Crippen molar-refractivity contribution in [2.75, 3.05) is 13.7 Å². The second kappa shape index (κ2) is 10.7. The lowest BCUT2D eigenvalue weighted by Gasteiger charge is -2.21. The molecule has 0 fully saturated rings. The number of hydrogen-bond donors (Lipinski definition) is 0. The van der Waals surface area contributed by atoms with Crippen LogP contribution in [0.3, 0.4) is 0 Å². The van der Waals surface area contributed by atoms with Crippen molar-refractivity contribution in [3.8, 4) is 17.4 Å². The van der Waals surface area contributed by atoms with Gasteiger partial charge in [0.25, 0.3) is 11.8 Å². The number of methoxy groups -OCH3 is 1. The number of carbonyl (C=O) groups excluding carboxylic acids is 2. The fourth-order valence-electron chi connectivity index (χ4n) is 3.73. The topological polar surface area (TPSA) is 81.6 Å². The third-order valence-electron chi connectivity index (χ3n) is 5.63. The second-order valence-corrected chi connectivity index (χ2v) is 8.10. The molecular weight excluding hydrogens is 487 g/mol. The Morgan fingerprint density at radius 3 is 2.32 bits per heavy atom. The normalized spacial score (nSPS) is 11.3. The van der Waals surface area contributed by atoms with Crippen molar-refractivity contribution in [3.05, 3.63) is 89.5 Å². The van der Waals surface area contributed by atoms with Gasteiger partial charge < -0.3 is 9.47 Å². The number of aromatic nitrogens is 2. The van der Waals surface area contributed by atoms with E-state index in [0.29, 0.717) is 23.1 Å². The molecule has 7 nitrogen and oxygen atoms in total. The number of halogens is 3. The van der Waals surface area contributed by atoms with E-state index in [9.17, 15) is 22.8 Å². The molecule has 4 aromatic rings. The highest BCUT2D eigenvalue weighted by Gasteiger charge is 2.31. The van der Waals surface area contributed by atoms with Crippen molar-refractivity contribution in [1.29, 1.82) is 0 Å². The first kappa shape index (κ1) is 25.6. The second-order valence-electron chi connectivity index (χ2n) is 8.10. The van der Waals surface area contributed by atoms with Gasteiger partial charge in [-0.15, -0.1) is 10.2 Å². The zero-order valence-electron chi connectivity index (χ0n) is 20.0.